The molecular formula is C16H10Cl2N2O3. The minimum Gasteiger partial charge on any atom is -0.479 e. The third kappa shape index (κ3) is 4.46. The molecule has 23 heavy (non-hydrogen) atoms. The summed E-state index contributed by atoms with van der Waals surface area (Å²) in [5.41, 5.74) is 1.08. The van der Waals surface area contributed by atoms with Gasteiger partial charge in [0.25, 0.3) is 5.69 Å². The van der Waals surface area contributed by atoms with Crippen LogP contribution in [0.2, 0.25) is 10.0 Å². The lowest BCUT2D eigenvalue weighted by molar-refractivity contribution is -0.384. The van der Waals surface area contributed by atoms with Gasteiger partial charge in [-0.25, -0.2) is 0 Å². The highest BCUT2D eigenvalue weighted by Crippen LogP contribution is 2.32. The monoisotopic (exact) mass is 348 g/mol. The van der Waals surface area contributed by atoms with Crippen LogP contribution in [0.5, 0.6) is 5.75 Å². The molecule has 0 N–H and O–H groups in total. The van der Waals surface area contributed by atoms with Crippen LogP contribution >= 0.6 is 23.2 Å². The Balaban J connectivity index is 2.31. The molecule has 0 atom stereocenters. The Labute approximate surface area is 142 Å². The first-order chi connectivity index (χ1) is 11.0. The molecule has 0 saturated heterocycles. The highest BCUT2D eigenvalue weighted by atomic mass is 35.5. The first kappa shape index (κ1) is 16.8. The fourth-order valence-electron chi connectivity index (χ4n) is 1.75. The van der Waals surface area contributed by atoms with Crippen LogP contribution in [0, 0.1) is 22.5 Å². The van der Waals surface area contributed by atoms with Crippen molar-refractivity contribution in [2.45, 2.75) is 0 Å². The molecule has 0 saturated carbocycles. The van der Waals surface area contributed by atoms with E-state index in [-0.39, 0.29) is 12.3 Å². The van der Waals surface area contributed by atoms with Crippen LogP contribution in [0.25, 0.3) is 0 Å². The molecule has 0 aliphatic carbocycles. The maximum absolute atomic E-state index is 10.6. The molecule has 0 aliphatic rings. The summed E-state index contributed by atoms with van der Waals surface area (Å²) in [5.74, 6) is 2.73. The Morgan fingerprint density at radius 1 is 1.30 bits per heavy atom. The van der Waals surface area contributed by atoms with Crippen molar-refractivity contribution < 1.29 is 9.66 Å². The van der Waals surface area contributed by atoms with Crippen molar-refractivity contribution in [3.8, 4) is 18.1 Å². The molecular weight excluding hydrogens is 339 g/mol. The van der Waals surface area contributed by atoms with Crippen LogP contribution in [0.1, 0.15) is 5.56 Å². The summed E-state index contributed by atoms with van der Waals surface area (Å²) in [6.07, 6.45) is 6.68. The van der Waals surface area contributed by atoms with Crippen molar-refractivity contribution in [2.75, 3.05) is 6.61 Å². The van der Waals surface area contributed by atoms with Gasteiger partial charge in [-0.2, -0.15) is 0 Å². The van der Waals surface area contributed by atoms with Gasteiger partial charge in [0, 0.05) is 28.9 Å². The third-order valence-corrected chi connectivity index (χ3v) is 3.25. The molecule has 0 bridgehead atoms. The van der Waals surface area contributed by atoms with E-state index in [4.69, 9.17) is 34.4 Å². The Hall–Kier alpha value is -2.55. The quantitative estimate of drug-likeness (QED) is 0.341. The topological polar surface area (TPSA) is 64.7 Å². The van der Waals surface area contributed by atoms with Gasteiger partial charge in [-0.1, -0.05) is 29.1 Å². The summed E-state index contributed by atoms with van der Waals surface area (Å²) in [6, 6.07) is 8.97. The predicted molar refractivity (Wildman–Crippen MR) is 91.1 cm³/mol. The molecule has 2 aromatic carbocycles. The Morgan fingerprint density at radius 3 is 2.61 bits per heavy atom. The van der Waals surface area contributed by atoms with E-state index in [0.717, 1.165) is 0 Å². The fourth-order valence-corrected chi connectivity index (χ4v) is 2.31. The van der Waals surface area contributed by atoms with E-state index < -0.39 is 4.92 Å². The van der Waals surface area contributed by atoms with Crippen LogP contribution in [0.4, 0.5) is 11.4 Å². The van der Waals surface area contributed by atoms with Crippen molar-refractivity contribution in [1.29, 1.82) is 0 Å². The maximum Gasteiger partial charge on any atom is 0.269 e. The molecule has 5 nitrogen and oxygen atoms in total. The summed E-state index contributed by atoms with van der Waals surface area (Å²) in [4.78, 5) is 14.4. The summed E-state index contributed by atoms with van der Waals surface area (Å²) in [6.45, 7) is 0.0553. The zero-order chi connectivity index (χ0) is 16.8. The number of non-ortho nitro benzene ring substituents is 1. The lowest BCUT2D eigenvalue weighted by Gasteiger charge is -2.09. The normalized spacial score (nSPS) is 10.5. The average molecular weight is 349 g/mol. The van der Waals surface area contributed by atoms with Crippen molar-refractivity contribution in [3.05, 3.63) is 62.1 Å². The van der Waals surface area contributed by atoms with Crippen LogP contribution in [-0.2, 0) is 0 Å². The fraction of sp³-hybridized carbons (Fsp3) is 0.0625. The van der Waals surface area contributed by atoms with E-state index in [2.05, 4.69) is 10.9 Å². The molecule has 2 aromatic rings. The number of terminal acetylenes is 1. The zero-order valence-corrected chi connectivity index (χ0v) is 13.2. The number of ether oxygens (including phenoxy) is 1. The van der Waals surface area contributed by atoms with Crippen LogP contribution in [0.15, 0.2) is 41.4 Å². The van der Waals surface area contributed by atoms with Crippen molar-refractivity contribution in [2.24, 2.45) is 4.99 Å². The number of benzene rings is 2. The number of halogens is 2. The van der Waals surface area contributed by atoms with E-state index >= 15 is 0 Å². The molecule has 116 valence electrons. The second kappa shape index (κ2) is 7.63. The molecule has 0 amide bonds. The van der Waals surface area contributed by atoms with Crippen molar-refractivity contribution in [1.82, 2.24) is 0 Å². The molecule has 0 unspecified atom stereocenters. The van der Waals surface area contributed by atoms with Gasteiger partial charge < -0.3 is 4.74 Å². The number of hydrogen-bond donors (Lipinski definition) is 0. The van der Waals surface area contributed by atoms with Crippen molar-refractivity contribution >= 4 is 40.8 Å². The first-order valence-corrected chi connectivity index (χ1v) is 7.10. The van der Waals surface area contributed by atoms with Gasteiger partial charge in [0.1, 0.15) is 12.4 Å². The third-order valence-electron chi connectivity index (χ3n) is 2.75. The Morgan fingerprint density at radius 2 is 2.00 bits per heavy atom. The van der Waals surface area contributed by atoms with E-state index in [1.165, 1.54) is 36.5 Å². The number of nitrogens with zero attached hydrogens (tertiary/aromatic N) is 2. The standard InChI is InChI=1S/C16H10Cl2N2O3/c1-2-7-23-16-11(8-12(17)9-15(16)18)10-19-13-3-5-14(6-4-13)20(21)22/h1,3-6,8-10H,7H2. The van der Waals surface area contributed by atoms with Gasteiger partial charge in [-0.15, -0.1) is 6.42 Å². The van der Waals surface area contributed by atoms with Gasteiger partial charge in [0.2, 0.25) is 0 Å². The van der Waals surface area contributed by atoms with E-state index in [1.807, 2.05) is 0 Å². The molecule has 0 fully saturated rings. The SMILES string of the molecule is C#CCOc1c(Cl)cc(Cl)cc1C=Nc1ccc([N+](=O)[O-])cc1. The van der Waals surface area contributed by atoms with Gasteiger partial charge in [0.15, 0.2) is 0 Å². The molecule has 2 rings (SSSR count). The number of rotatable bonds is 5. The van der Waals surface area contributed by atoms with Gasteiger partial charge in [-0.05, 0) is 24.3 Å². The molecule has 0 aromatic heterocycles. The molecule has 0 heterocycles. The average Bonchev–Trinajstić information content (AvgIpc) is 2.52. The van der Waals surface area contributed by atoms with Gasteiger partial charge >= 0.3 is 0 Å². The number of aliphatic imine (C=N–C) groups is 1. The predicted octanol–water partition coefficient (Wildman–Crippen LogP) is 4.66. The molecule has 7 heteroatoms. The van der Waals surface area contributed by atoms with E-state index in [9.17, 15) is 10.1 Å². The molecule has 0 aliphatic heterocycles. The lowest BCUT2D eigenvalue weighted by atomic mass is 10.2. The summed E-state index contributed by atoms with van der Waals surface area (Å²) in [7, 11) is 0. The zero-order valence-electron chi connectivity index (χ0n) is 11.7. The highest BCUT2D eigenvalue weighted by molar-refractivity contribution is 6.36. The summed E-state index contributed by atoms with van der Waals surface area (Å²) < 4.78 is 5.40. The number of nitro benzene ring substituents is 1. The van der Waals surface area contributed by atoms with Gasteiger partial charge in [-0.3, -0.25) is 15.1 Å². The Kier molecular flexibility index (Phi) is 5.58. The van der Waals surface area contributed by atoms with Crippen molar-refractivity contribution in [3.63, 3.8) is 0 Å². The minimum atomic E-state index is -0.476. The van der Waals surface area contributed by atoms with E-state index in [1.54, 1.807) is 6.07 Å². The largest absolute Gasteiger partial charge is 0.479 e. The number of hydrogen-bond acceptors (Lipinski definition) is 4. The van der Waals surface area contributed by atoms with Crippen LogP contribution in [-0.4, -0.2) is 17.7 Å². The minimum absolute atomic E-state index is 0.00667. The van der Waals surface area contributed by atoms with Crippen LogP contribution < -0.4 is 4.74 Å². The maximum atomic E-state index is 10.6. The second-order valence-electron chi connectivity index (χ2n) is 4.33. The highest BCUT2D eigenvalue weighted by Gasteiger charge is 2.09. The molecule has 0 radical (unpaired) electrons. The van der Waals surface area contributed by atoms with Gasteiger partial charge in [0.05, 0.1) is 15.6 Å². The van der Waals surface area contributed by atoms with Crippen LogP contribution in [0.3, 0.4) is 0 Å². The lowest BCUT2D eigenvalue weighted by Crippen LogP contribution is -1.98. The van der Waals surface area contributed by atoms with E-state index in [0.29, 0.717) is 27.0 Å². The smallest absolute Gasteiger partial charge is 0.269 e. The Bertz CT molecular complexity index is 796. The molecule has 0 spiro atoms. The number of nitro groups is 1. The summed E-state index contributed by atoms with van der Waals surface area (Å²) in [5, 5.41) is 11.4. The first-order valence-electron chi connectivity index (χ1n) is 6.35. The second-order valence-corrected chi connectivity index (χ2v) is 5.17. The summed E-state index contributed by atoms with van der Waals surface area (Å²) >= 11 is 12.1.